The second kappa shape index (κ2) is 5.51. The summed E-state index contributed by atoms with van der Waals surface area (Å²) in [5.41, 5.74) is 0. The first-order valence-electron chi connectivity index (χ1n) is 5.86. The van der Waals surface area contributed by atoms with Crippen molar-refractivity contribution in [2.45, 2.75) is 32.4 Å². The van der Waals surface area contributed by atoms with Gasteiger partial charge >= 0.3 is 6.03 Å². The lowest BCUT2D eigenvalue weighted by atomic mass is 10.2. The van der Waals surface area contributed by atoms with Gasteiger partial charge in [0.2, 0.25) is 0 Å². The summed E-state index contributed by atoms with van der Waals surface area (Å²) in [4.78, 5) is 14.2. The fourth-order valence-electron chi connectivity index (χ4n) is 1.83. The van der Waals surface area contributed by atoms with E-state index >= 15 is 0 Å². The maximum atomic E-state index is 11.7. The molecule has 0 saturated carbocycles. The van der Waals surface area contributed by atoms with Gasteiger partial charge in [-0.15, -0.1) is 11.3 Å². The fourth-order valence-corrected chi connectivity index (χ4v) is 2.71. The number of nitrogens with one attached hydrogen (secondary N) is 2. The third kappa shape index (κ3) is 3.44. The van der Waals surface area contributed by atoms with Crippen LogP contribution in [0.2, 0.25) is 0 Å². The van der Waals surface area contributed by atoms with Crippen LogP contribution in [0, 0.1) is 6.92 Å². The Balaban J connectivity index is 1.81. The summed E-state index contributed by atoms with van der Waals surface area (Å²) in [6.07, 6.45) is 0.903. The Bertz CT molecular complexity index is 386. The number of rotatable bonds is 3. The summed E-state index contributed by atoms with van der Waals surface area (Å²) in [6.45, 7) is 5.43. The average molecular weight is 254 g/mol. The van der Waals surface area contributed by atoms with Gasteiger partial charge in [-0.2, -0.15) is 0 Å². The molecule has 2 unspecified atom stereocenters. The number of ether oxygens (including phenoxy) is 1. The van der Waals surface area contributed by atoms with Crippen LogP contribution in [0.5, 0.6) is 0 Å². The Morgan fingerprint density at radius 1 is 1.59 bits per heavy atom. The maximum absolute atomic E-state index is 11.7. The lowest BCUT2D eigenvalue weighted by Crippen LogP contribution is -2.43. The Morgan fingerprint density at radius 3 is 3.00 bits per heavy atom. The summed E-state index contributed by atoms with van der Waals surface area (Å²) >= 11 is 1.71. The minimum atomic E-state index is -0.112. The molecule has 2 heterocycles. The van der Waals surface area contributed by atoms with Crippen molar-refractivity contribution in [2.24, 2.45) is 0 Å². The van der Waals surface area contributed by atoms with Crippen LogP contribution in [-0.2, 0) is 4.74 Å². The monoisotopic (exact) mass is 254 g/mol. The second-order valence-electron chi connectivity index (χ2n) is 4.35. The minimum Gasteiger partial charge on any atom is -0.379 e. The van der Waals surface area contributed by atoms with Gasteiger partial charge in [-0.1, -0.05) is 0 Å². The zero-order chi connectivity index (χ0) is 12.3. The van der Waals surface area contributed by atoms with Crippen LogP contribution in [0.25, 0.3) is 0 Å². The van der Waals surface area contributed by atoms with Crippen LogP contribution in [-0.4, -0.2) is 25.3 Å². The summed E-state index contributed by atoms with van der Waals surface area (Å²) in [6, 6.07) is 4.23. The molecule has 17 heavy (non-hydrogen) atoms. The molecule has 1 aliphatic heterocycles. The zero-order valence-corrected chi connectivity index (χ0v) is 11.0. The molecule has 4 nitrogen and oxygen atoms in total. The molecule has 1 fully saturated rings. The molecule has 1 saturated heterocycles. The molecule has 1 aromatic heterocycles. The van der Waals surface area contributed by atoms with Crippen molar-refractivity contribution in [3.8, 4) is 0 Å². The van der Waals surface area contributed by atoms with Gasteiger partial charge in [0.05, 0.1) is 18.7 Å². The quantitative estimate of drug-likeness (QED) is 0.869. The number of carbonyl (C=O) groups is 1. The number of aryl methyl sites for hydroxylation is 1. The summed E-state index contributed by atoms with van der Waals surface area (Å²) in [7, 11) is 0. The maximum Gasteiger partial charge on any atom is 0.315 e. The van der Waals surface area contributed by atoms with Gasteiger partial charge in [0.15, 0.2) is 0 Å². The molecule has 0 bridgehead atoms. The molecular weight excluding hydrogens is 236 g/mol. The number of hydrogen-bond donors (Lipinski definition) is 2. The largest absolute Gasteiger partial charge is 0.379 e. The first kappa shape index (κ1) is 12.4. The smallest absolute Gasteiger partial charge is 0.315 e. The highest BCUT2D eigenvalue weighted by Gasteiger charge is 2.19. The molecule has 2 N–H and O–H groups in total. The van der Waals surface area contributed by atoms with E-state index in [0.717, 1.165) is 13.0 Å². The van der Waals surface area contributed by atoms with Gasteiger partial charge in [-0.25, -0.2) is 4.79 Å². The van der Waals surface area contributed by atoms with Crippen molar-refractivity contribution in [2.75, 3.05) is 13.2 Å². The molecule has 0 aliphatic carbocycles. The van der Waals surface area contributed by atoms with Gasteiger partial charge in [0.25, 0.3) is 0 Å². The highest BCUT2D eigenvalue weighted by molar-refractivity contribution is 7.12. The predicted octanol–water partition coefficient (Wildman–Crippen LogP) is 2.21. The Hall–Kier alpha value is -1.07. The van der Waals surface area contributed by atoms with Crippen LogP contribution < -0.4 is 10.6 Å². The minimum absolute atomic E-state index is 0.0519. The van der Waals surface area contributed by atoms with Gasteiger partial charge in [0.1, 0.15) is 0 Å². The van der Waals surface area contributed by atoms with E-state index in [4.69, 9.17) is 4.74 Å². The van der Waals surface area contributed by atoms with Gasteiger partial charge < -0.3 is 15.4 Å². The number of thiophene rings is 1. The van der Waals surface area contributed by atoms with E-state index in [-0.39, 0.29) is 18.1 Å². The topological polar surface area (TPSA) is 50.4 Å². The lowest BCUT2D eigenvalue weighted by molar-refractivity contribution is 0.188. The third-order valence-electron chi connectivity index (χ3n) is 2.80. The van der Waals surface area contributed by atoms with Crippen molar-refractivity contribution in [3.05, 3.63) is 21.9 Å². The Labute approximate surface area is 105 Å². The molecule has 1 aromatic rings. The van der Waals surface area contributed by atoms with Crippen molar-refractivity contribution in [1.82, 2.24) is 10.6 Å². The number of hydrogen-bond acceptors (Lipinski definition) is 3. The molecule has 94 valence electrons. The van der Waals surface area contributed by atoms with Crippen LogP contribution >= 0.6 is 11.3 Å². The fraction of sp³-hybridized carbons (Fsp3) is 0.583. The van der Waals surface area contributed by atoms with E-state index in [1.807, 2.05) is 6.92 Å². The third-order valence-corrected chi connectivity index (χ3v) is 3.98. The number of amides is 2. The molecule has 0 radical (unpaired) electrons. The summed E-state index contributed by atoms with van der Waals surface area (Å²) < 4.78 is 5.21. The molecule has 0 spiro atoms. The van der Waals surface area contributed by atoms with Crippen molar-refractivity contribution in [3.63, 3.8) is 0 Å². The first-order valence-corrected chi connectivity index (χ1v) is 6.68. The molecule has 2 amide bonds. The van der Waals surface area contributed by atoms with E-state index in [2.05, 4.69) is 29.7 Å². The van der Waals surface area contributed by atoms with E-state index < -0.39 is 0 Å². The van der Waals surface area contributed by atoms with E-state index in [1.165, 1.54) is 9.75 Å². The predicted molar refractivity (Wildman–Crippen MR) is 68.4 cm³/mol. The van der Waals surface area contributed by atoms with Crippen LogP contribution in [0.4, 0.5) is 4.79 Å². The molecule has 0 aromatic carbocycles. The lowest BCUT2D eigenvalue weighted by Gasteiger charge is -2.15. The van der Waals surface area contributed by atoms with Gasteiger partial charge in [-0.05, 0) is 32.4 Å². The standard InChI is InChI=1S/C12H18N2O2S/c1-8-3-4-11(17-8)9(2)13-12(15)14-10-5-6-16-7-10/h3-4,9-10H,5-7H2,1-2H3,(H2,13,14,15). The summed E-state index contributed by atoms with van der Waals surface area (Å²) in [5.74, 6) is 0. The average Bonchev–Trinajstić information content (AvgIpc) is 2.89. The molecule has 2 atom stereocenters. The van der Waals surface area contributed by atoms with Crippen molar-refractivity contribution in [1.29, 1.82) is 0 Å². The van der Waals surface area contributed by atoms with E-state index in [9.17, 15) is 4.79 Å². The molecular formula is C12H18N2O2S. The van der Waals surface area contributed by atoms with Crippen LogP contribution in [0.1, 0.15) is 29.1 Å². The highest BCUT2D eigenvalue weighted by atomic mass is 32.1. The van der Waals surface area contributed by atoms with Crippen LogP contribution in [0.15, 0.2) is 12.1 Å². The second-order valence-corrected chi connectivity index (χ2v) is 5.67. The molecule has 1 aliphatic rings. The normalized spacial score (nSPS) is 21.2. The highest BCUT2D eigenvalue weighted by Crippen LogP contribution is 2.22. The molecule has 2 rings (SSSR count). The molecule has 5 heteroatoms. The Morgan fingerprint density at radius 2 is 2.41 bits per heavy atom. The van der Waals surface area contributed by atoms with E-state index in [0.29, 0.717) is 6.61 Å². The van der Waals surface area contributed by atoms with Crippen LogP contribution in [0.3, 0.4) is 0 Å². The number of carbonyl (C=O) groups excluding carboxylic acids is 1. The van der Waals surface area contributed by atoms with Crippen molar-refractivity contribution >= 4 is 17.4 Å². The zero-order valence-electron chi connectivity index (χ0n) is 10.2. The SMILES string of the molecule is Cc1ccc(C(C)NC(=O)NC2CCOC2)s1. The van der Waals surface area contributed by atoms with Crippen molar-refractivity contribution < 1.29 is 9.53 Å². The first-order chi connectivity index (χ1) is 8.15. The van der Waals surface area contributed by atoms with Gasteiger partial charge in [-0.3, -0.25) is 0 Å². The summed E-state index contributed by atoms with van der Waals surface area (Å²) in [5, 5.41) is 5.86. The number of urea groups is 1. The van der Waals surface area contributed by atoms with Gasteiger partial charge in [0, 0.05) is 16.4 Å². The Kier molecular flexibility index (Phi) is 4.02. The van der Waals surface area contributed by atoms with E-state index in [1.54, 1.807) is 11.3 Å².